The lowest BCUT2D eigenvalue weighted by molar-refractivity contribution is 0.0957. The zero-order chi connectivity index (χ0) is 13.2. The molecule has 2 aliphatic heterocycles. The highest BCUT2D eigenvalue weighted by Crippen LogP contribution is 2.27. The number of hydrogen-bond donors (Lipinski definition) is 2. The molecule has 2 fully saturated rings. The Labute approximate surface area is 112 Å². The predicted octanol–water partition coefficient (Wildman–Crippen LogP) is 0.0244. The average molecular weight is 261 g/mol. The van der Waals surface area contributed by atoms with Gasteiger partial charge in [0.2, 0.25) is 0 Å². The van der Waals surface area contributed by atoms with Gasteiger partial charge in [-0.1, -0.05) is 0 Å². The maximum absolute atomic E-state index is 11.4. The van der Waals surface area contributed by atoms with E-state index in [4.69, 9.17) is 0 Å². The minimum absolute atomic E-state index is 0.198. The molecule has 6 nitrogen and oxygen atoms in total. The number of piperidine rings is 1. The molecule has 0 aliphatic carbocycles. The van der Waals surface area contributed by atoms with Crippen molar-refractivity contribution < 1.29 is 4.79 Å². The van der Waals surface area contributed by atoms with Gasteiger partial charge in [0.25, 0.3) is 5.91 Å². The lowest BCUT2D eigenvalue weighted by atomic mass is 9.94. The molecule has 0 bridgehead atoms. The van der Waals surface area contributed by atoms with Gasteiger partial charge in [-0.3, -0.25) is 4.79 Å². The molecule has 0 spiro atoms. The van der Waals surface area contributed by atoms with Gasteiger partial charge in [-0.25, -0.2) is 0 Å². The minimum atomic E-state index is -0.198. The van der Waals surface area contributed by atoms with Gasteiger partial charge in [0.15, 0.2) is 11.5 Å². The normalized spacial score (nSPS) is 26.1. The van der Waals surface area contributed by atoms with Crippen molar-refractivity contribution >= 4 is 11.7 Å². The summed E-state index contributed by atoms with van der Waals surface area (Å²) in [4.78, 5) is 13.7. The van der Waals surface area contributed by atoms with Crippen LogP contribution in [0.4, 0.5) is 5.82 Å². The number of anilines is 1. The number of rotatable bonds is 2. The Morgan fingerprint density at radius 1 is 1.42 bits per heavy atom. The van der Waals surface area contributed by atoms with E-state index >= 15 is 0 Å². The largest absolute Gasteiger partial charge is 0.354 e. The number of hydrogen-bond acceptors (Lipinski definition) is 5. The SMILES string of the molecule is CNC(=O)c1ccc(N2CC3CCCNC3C2)nn1. The summed E-state index contributed by atoms with van der Waals surface area (Å²) in [6, 6.07) is 4.19. The number of fused-ring (bicyclic) bond motifs is 1. The van der Waals surface area contributed by atoms with E-state index in [2.05, 4.69) is 25.7 Å². The standard InChI is InChI=1S/C13H19N5O/c1-14-13(19)10-4-5-12(17-16-10)18-7-9-3-2-6-15-11(9)8-18/h4-5,9,11,15H,2-3,6-8H2,1H3,(H,14,19). The van der Waals surface area contributed by atoms with Crippen molar-refractivity contribution in [3.63, 3.8) is 0 Å². The quantitative estimate of drug-likeness (QED) is 0.785. The van der Waals surface area contributed by atoms with Gasteiger partial charge in [-0.05, 0) is 37.4 Å². The first kappa shape index (κ1) is 12.3. The van der Waals surface area contributed by atoms with Crippen LogP contribution in [0.5, 0.6) is 0 Å². The lowest BCUT2D eigenvalue weighted by Gasteiger charge is -2.24. The van der Waals surface area contributed by atoms with E-state index in [0.717, 1.165) is 25.5 Å². The number of carbonyl (C=O) groups is 1. The van der Waals surface area contributed by atoms with Crippen LogP contribution in [0.3, 0.4) is 0 Å². The molecule has 1 aromatic heterocycles. The van der Waals surface area contributed by atoms with Crippen LogP contribution in [-0.4, -0.2) is 48.8 Å². The van der Waals surface area contributed by atoms with Crippen molar-refractivity contribution in [2.75, 3.05) is 31.6 Å². The van der Waals surface area contributed by atoms with Gasteiger partial charge in [0.05, 0.1) is 0 Å². The molecule has 2 atom stereocenters. The van der Waals surface area contributed by atoms with Crippen LogP contribution in [0, 0.1) is 5.92 Å². The van der Waals surface area contributed by atoms with Crippen LogP contribution in [0.25, 0.3) is 0 Å². The molecule has 0 radical (unpaired) electrons. The first-order valence-electron chi connectivity index (χ1n) is 6.82. The average Bonchev–Trinajstić information content (AvgIpc) is 2.90. The third-order valence-corrected chi connectivity index (χ3v) is 4.03. The van der Waals surface area contributed by atoms with E-state index < -0.39 is 0 Å². The van der Waals surface area contributed by atoms with Crippen molar-refractivity contribution in [3.8, 4) is 0 Å². The molecule has 2 aliphatic rings. The Morgan fingerprint density at radius 2 is 2.32 bits per heavy atom. The van der Waals surface area contributed by atoms with Gasteiger partial charge in [0, 0.05) is 26.2 Å². The fourth-order valence-corrected chi connectivity index (χ4v) is 2.98. The van der Waals surface area contributed by atoms with Crippen LogP contribution in [0.2, 0.25) is 0 Å². The maximum Gasteiger partial charge on any atom is 0.271 e. The zero-order valence-electron chi connectivity index (χ0n) is 11.1. The van der Waals surface area contributed by atoms with E-state index in [1.807, 2.05) is 6.07 Å². The van der Waals surface area contributed by atoms with Crippen LogP contribution in [0.1, 0.15) is 23.3 Å². The van der Waals surface area contributed by atoms with Crippen molar-refractivity contribution in [3.05, 3.63) is 17.8 Å². The van der Waals surface area contributed by atoms with E-state index in [0.29, 0.717) is 17.7 Å². The molecular weight excluding hydrogens is 242 g/mol. The fourth-order valence-electron chi connectivity index (χ4n) is 2.98. The summed E-state index contributed by atoms with van der Waals surface area (Å²) in [6.07, 6.45) is 2.55. The molecule has 0 saturated carbocycles. The number of aromatic nitrogens is 2. The minimum Gasteiger partial charge on any atom is -0.354 e. The van der Waals surface area contributed by atoms with Crippen molar-refractivity contribution in [2.45, 2.75) is 18.9 Å². The van der Waals surface area contributed by atoms with E-state index in [-0.39, 0.29) is 5.91 Å². The van der Waals surface area contributed by atoms with E-state index in [9.17, 15) is 4.79 Å². The van der Waals surface area contributed by atoms with Gasteiger partial charge in [-0.15, -0.1) is 10.2 Å². The highest BCUT2D eigenvalue weighted by Gasteiger charge is 2.34. The molecule has 2 unspecified atom stereocenters. The van der Waals surface area contributed by atoms with Gasteiger partial charge < -0.3 is 15.5 Å². The predicted molar refractivity (Wildman–Crippen MR) is 72.1 cm³/mol. The van der Waals surface area contributed by atoms with Crippen molar-refractivity contribution in [1.29, 1.82) is 0 Å². The third-order valence-electron chi connectivity index (χ3n) is 4.03. The van der Waals surface area contributed by atoms with Crippen LogP contribution >= 0.6 is 0 Å². The Balaban J connectivity index is 1.71. The van der Waals surface area contributed by atoms with Gasteiger partial charge in [0.1, 0.15) is 0 Å². The summed E-state index contributed by atoms with van der Waals surface area (Å²) in [7, 11) is 1.59. The zero-order valence-corrected chi connectivity index (χ0v) is 11.1. The summed E-state index contributed by atoms with van der Waals surface area (Å²) in [5.74, 6) is 1.38. The molecule has 1 aromatic rings. The van der Waals surface area contributed by atoms with Gasteiger partial charge >= 0.3 is 0 Å². The maximum atomic E-state index is 11.4. The van der Waals surface area contributed by atoms with Crippen molar-refractivity contribution in [2.24, 2.45) is 5.92 Å². The van der Waals surface area contributed by atoms with Crippen LogP contribution in [0.15, 0.2) is 12.1 Å². The highest BCUT2D eigenvalue weighted by molar-refractivity contribution is 5.91. The van der Waals surface area contributed by atoms with E-state index in [1.165, 1.54) is 12.8 Å². The topological polar surface area (TPSA) is 70.2 Å². The Kier molecular flexibility index (Phi) is 3.33. The molecule has 2 N–H and O–H groups in total. The second kappa shape index (κ2) is 5.13. The summed E-state index contributed by atoms with van der Waals surface area (Å²) in [5.41, 5.74) is 0.362. The molecule has 3 heterocycles. The summed E-state index contributed by atoms with van der Waals surface area (Å²) in [6.45, 7) is 3.14. The summed E-state index contributed by atoms with van der Waals surface area (Å²) < 4.78 is 0. The highest BCUT2D eigenvalue weighted by atomic mass is 16.1. The first-order chi connectivity index (χ1) is 9.28. The second-order valence-electron chi connectivity index (χ2n) is 5.22. The number of nitrogens with zero attached hydrogens (tertiary/aromatic N) is 3. The molecule has 0 aromatic carbocycles. The molecule has 102 valence electrons. The smallest absolute Gasteiger partial charge is 0.271 e. The fraction of sp³-hybridized carbons (Fsp3) is 0.615. The molecule has 3 rings (SSSR count). The Bertz CT molecular complexity index is 447. The lowest BCUT2D eigenvalue weighted by Crippen LogP contribution is -2.40. The molecule has 1 amide bonds. The monoisotopic (exact) mass is 261 g/mol. The molecule has 2 saturated heterocycles. The van der Waals surface area contributed by atoms with Crippen molar-refractivity contribution in [1.82, 2.24) is 20.8 Å². The molecule has 19 heavy (non-hydrogen) atoms. The van der Waals surface area contributed by atoms with E-state index in [1.54, 1.807) is 13.1 Å². The summed E-state index contributed by atoms with van der Waals surface area (Å²) in [5, 5.41) is 14.3. The van der Waals surface area contributed by atoms with Gasteiger partial charge in [-0.2, -0.15) is 0 Å². The Morgan fingerprint density at radius 3 is 3.00 bits per heavy atom. The van der Waals surface area contributed by atoms with Crippen LogP contribution < -0.4 is 15.5 Å². The summed E-state index contributed by atoms with van der Waals surface area (Å²) >= 11 is 0. The second-order valence-corrected chi connectivity index (χ2v) is 5.22. The van der Waals surface area contributed by atoms with Crippen LogP contribution in [-0.2, 0) is 0 Å². The Hall–Kier alpha value is -1.69. The first-order valence-corrected chi connectivity index (χ1v) is 6.82. The molecule has 6 heteroatoms. The number of carbonyl (C=O) groups excluding carboxylic acids is 1. The third kappa shape index (κ3) is 2.40. The molecular formula is C13H19N5O. The number of nitrogens with one attached hydrogen (secondary N) is 2. The number of amides is 1.